The highest BCUT2D eigenvalue weighted by Crippen LogP contribution is 2.27. The topological polar surface area (TPSA) is 50.7 Å². The molecule has 2 unspecified atom stereocenters. The van der Waals surface area contributed by atoms with Gasteiger partial charge in [-0.05, 0) is 12.5 Å². The van der Waals surface area contributed by atoms with E-state index in [0.717, 1.165) is 17.7 Å². The van der Waals surface area contributed by atoms with E-state index in [0.29, 0.717) is 6.61 Å². The molecule has 1 aromatic rings. The second-order valence-electron chi connectivity index (χ2n) is 4.20. The summed E-state index contributed by atoms with van der Waals surface area (Å²) in [6, 6.07) is 8.02. The molecule has 1 aromatic carbocycles. The van der Waals surface area contributed by atoms with E-state index in [4.69, 9.17) is 9.47 Å². The molecule has 0 heterocycles. The third-order valence-electron chi connectivity index (χ3n) is 2.95. The summed E-state index contributed by atoms with van der Waals surface area (Å²) in [4.78, 5) is 0. The highest BCUT2D eigenvalue weighted by atomic mass is 16.5. The minimum absolute atomic E-state index is 0.0550. The second kappa shape index (κ2) is 8.08. The Morgan fingerprint density at radius 3 is 2.56 bits per heavy atom. The van der Waals surface area contributed by atoms with Gasteiger partial charge in [-0.2, -0.15) is 0 Å². The van der Waals surface area contributed by atoms with E-state index in [1.165, 1.54) is 0 Å². The van der Waals surface area contributed by atoms with E-state index in [9.17, 15) is 5.11 Å². The van der Waals surface area contributed by atoms with Gasteiger partial charge in [0.05, 0.1) is 26.4 Å². The maximum absolute atomic E-state index is 9.30. The number of benzene rings is 1. The first-order valence-electron chi connectivity index (χ1n) is 6.25. The van der Waals surface area contributed by atoms with E-state index in [1.807, 2.05) is 24.3 Å². The molecule has 0 aliphatic carbocycles. The lowest BCUT2D eigenvalue weighted by atomic mass is 10.0. The van der Waals surface area contributed by atoms with Gasteiger partial charge in [0.2, 0.25) is 0 Å². The number of aliphatic hydroxyl groups is 1. The summed E-state index contributed by atoms with van der Waals surface area (Å²) in [6.07, 6.45) is 0.917. The van der Waals surface area contributed by atoms with Gasteiger partial charge in [-0.1, -0.05) is 25.1 Å². The molecule has 4 nitrogen and oxygen atoms in total. The van der Waals surface area contributed by atoms with E-state index in [-0.39, 0.29) is 18.7 Å². The fraction of sp³-hybridized carbons (Fsp3) is 0.571. The zero-order valence-corrected chi connectivity index (χ0v) is 11.3. The number of aliphatic hydroxyl groups excluding tert-OH is 1. The molecule has 4 heteroatoms. The van der Waals surface area contributed by atoms with Gasteiger partial charge in [0, 0.05) is 18.7 Å². The van der Waals surface area contributed by atoms with E-state index in [2.05, 4.69) is 12.2 Å². The Morgan fingerprint density at radius 1 is 1.28 bits per heavy atom. The molecule has 0 bridgehead atoms. The molecule has 0 saturated heterocycles. The van der Waals surface area contributed by atoms with E-state index in [1.54, 1.807) is 14.2 Å². The van der Waals surface area contributed by atoms with Gasteiger partial charge in [0.15, 0.2) is 0 Å². The van der Waals surface area contributed by atoms with Gasteiger partial charge < -0.3 is 19.9 Å². The highest BCUT2D eigenvalue weighted by molar-refractivity contribution is 5.35. The lowest BCUT2D eigenvalue weighted by molar-refractivity contribution is 0.121. The van der Waals surface area contributed by atoms with Crippen molar-refractivity contribution in [1.82, 2.24) is 5.32 Å². The van der Waals surface area contributed by atoms with Crippen LogP contribution in [0.1, 0.15) is 24.9 Å². The van der Waals surface area contributed by atoms with Crippen LogP contribution in [0.15, 0.2) is 24.3 Å². The van der Waals surface area contributed by atoms with Crippen LogP contribution in [0.5, 0.6) is 5.75 Å². The Bertz CT molecular complexity index is 344. The molecular weight excluding hydrogens is 230 g/mol. The summed E-state index contributed by atoms with van der Waals surface area (Å²) >= 11 is 0. The molecule has 1 rings (SSSR count). The van der Waals surface area contributed by atoms with Gasteiger partial charge in [-0.3, -0.25) is 0 Å². The average molecular weight is 253 g/mol. The summed E-state index contributed by atoms with van der Waals surface area (Å²) in [5, 5.41) is 12.7. The maximum Gasteiger partial charge on any atom is 0.123 e. The van der Waals surface area contributed by atoms with Crippen LogP contribution in [0, 0.1) is 0 Å². The van der Waals surface area contributed by atoms with Crippen molar-refractivity contribution in [2.75, 3.05) is 27.4 Å². The Balaban J connectivity index is 2.81. The molecular formula is C14H23NO3. The SMILES string of the molecule is CCC(NC(CO)COC)c1ccccc1OC. The van der Waals surface area contributed by atoms with Crippen molar-refractivity contribution in [2.45, 2.75) is 25.4 Å². The lowest BCUT2D eigenvalue weighted by Gasteiger charge is -2.24. The highest BCUT2D eigenvalue weighted by Gasteiger charge is 2.17. The van der Waals surface area contributed by atoms with Crippen molar-refractivity contribution in [3.8, 4) is 5.75 Å². The summed E-state index contributed by atoms with van der Waals surface area (Å²) in [5.74, 6) is 0.867. The molecule has 102 valence electrons. The van der Waals surface area contributed by atoms with Crippen molar-refractivity contribution in [2.24, 2.45) is 0 Å². The van der Waals surface area contributed by atoms with Crippen LogP contribution in [0.4, 0.5) is 0 Å². The van der Waals surface area contributed by atoms with Crippen LogP contribution in [0.25, 0.3) is 0 Å². The van der Waals surface area contributed by atoms with Crippen LogP contribution >= 0.6 is 0 Å². The zero-order valence-electron chi connectivity index (χ0n) is 11.3. The Morgan fingerprint density at radius 2 is 2.00 bits per heavy atom. The molecule has 2 N–H and O–H groups in total. The largest absolute Gasteiger partial charge is 0.496 e. The molecule has 0 aromatic heterocycles. The summed E-state index contributed by atoms with van der Waals surface area (Å²) in [6.45, 7) is 2.65. The number of hydrogen-bond donors (Lipinski definition) is 2. The van der Waals surface area contributed by atoms with Crippen molar-refractivity contribution >= 4 is 0 Å². The molecule has 18 heavy (non-hydrogen) atoms. The lowest BCUT2D eigenvalue weighted by Crippen LogP contribution is -2.39. The first-order valence-corrected chi connectivity index (χ1v) is 6.25. The number of ether oxygens (including phenoxy) is 2. The molecule has 0 aliphatic rings. The summed E-state index contributed by atoms with van der Waals surface area (Å²) in [7, 11) is 3.30. The minimum atomic E-state index is -0.0649. The van der Waals surface area contributed by atoms with Crippen molar-refractivity contribution in [3.63, 3.8) is 0 Å². The predicted octanol–water partition coefficient (Wildman–Crippen LogP) is 1.74. The van der Waals surface area contributed by atoms with Crippen LogP contribution in [-0.4, -0.2) is 38.6 Å². The van der Waals surface area contributed by atoms with Crippen molar-refractivity contribution < 1.29 is 14.6 Å². The molecule has 0 radical (unpaired) electrons. The van der Waals surface area contributed by atoms with Gasteiger partial charge in [-0.25, -0.2) is 0 Å². The smallest absolute Gasteiger partial charge is 0.123 e. The number of nitrogens with one attached hydrogen (secondary N) is 1. The second-order valence-corrected chi connectivity index (χ2v) is 4.20. The van der Waals surface area contributed by atoms with E-state index < -0.39 is 0 Å². The fourth-order valence-corrected chi connectivity index (χ4v) is 2.02. The number of para-hydroxylation sites is 1. The maximum atomic E-state index is 9.30. The fourth-order valence-electron chi connectivity index (χ4n) is 2.02. The van der Waals surface area contributed by atoms with Gasteiger partial charge >= 0.3 is 0 Å². The molecule has 0 fully saturated rings. The molecule has 0 aliphatic heterocycles. The molecule has 0 spiro atoms. The number of methoxy groups -OCH3 is 2. The Hall–Kier alpha value is -1.10. The third kappa shape index (κ3) is 3.98. The summed E-state index contributed by atoms with van der Waals surface area (Å²) < 4.78 is 10.4. The minimum Gasteiger partial charge on any atom is -0.496 e. The monoisotopic (exact) mass is 253 g/mol. The number of rotatable bonds is 8. The average Bonchev–Trinajstić information content (AvgIpc) is 2.43. The van der Waals surface area contributed by atoms with E-state index >= 15 is 0 Å². The Kier molecular flexibility index (Phi) is 6.72. The quantitative estimate of drug-likeness (QED) is 0.741. The van der Waals surface area contributed by atoms with Crippen LogP contribution in [0.2, 0.25) is 0 Å². The van der Waals surface area contributed by atoms with Crippen molar-refractivity contribution in [3.05, 3.63) is 29.8 Å². The van der Waals surface area contributed by atoms with Gasteiger partial charge in [-0.15, -0.1) is 0 Å². The molecule has 0 saturated carbocycles. The van der Waals surface area contributed by atoms with Crippen LogP contribution in [-0.2, 0) is 4.74 Å². The summed E-state index contributed by atoms with van der Waals surface area (Å²) in [5.41, 5.74) is 1.11. The molecule has 2 atom stereocenters. The standard InChI is InChI=1S/C14H23NO3/c1-4-13(15-11(9-16)10-17-2)12-7-5-6-8-14(12)18-3/h5-8,11,13,15-16H,4,9-10H2,1-3H3. The van der Waals surface area contributed by atoms with Gasteiger partial charge in [0.1, 0.15) is 5.75 Å². The predicted molar refractivity (Wildman–Crippen MR) is 71.9 cm³/mol. The van der Waals surface area contributed by atoms with Crippen LogP contribution < -0.4 is 10.1 Å². The van der Waals surface area contributed by atoms with Crippen molar-refractivity contribution in [1.29, 1.82) is 0 Å². The normalized spacial score (nSPS) is 14.2. The molecule has 0 amide bonds. The third-order valence-corrected chi connectivity index (χ3v) is 2.95. The zero-order chi connectivity index (χ0) is 13.4. The Labute approximate surface area is 109 Å². The first kappa shape index (κ1) is 15.0. The number of hydrogen-bond acceptors (Lipinski definition) is 4. The van der Waals surface area contributed by atoms with Crippen LogP contribution in [0.3, 0.4) is 0 Å². The first-order chi connectivity index (χ1) is 8.76. The van der Waals surface area contributed by atoms with Gasteiger partial charge in [0.25, 0.3) is 0 Å².